The van der Waals surface area contributed by atoms with Crippen LogP contribution >= 0.6 is 0 Å². The van der Waals surface area contributed by atoms with Crippen LogP contribution in [0, 0.1) is 11.3 Å². The summed E-state index contributed by atoms with van der Waals surface area (Å²) in [6.07, 6.45) is 18.8. The van der Waals surface area contributed by atoms with E-state index >= 15 is 0 Å². The Kier molecular flexibility index (Phi) is 3.71. The molecule has 0 amide bonds. The molecule has 3 rings (SSSR count). The Bertz CT molecular complexity index is 259. The summed E-state index contributed by atoms with van der Waals surface area (Å²) >= 11 is 0. The first-order valence-electron chi connectivity index (χ1n) is 8.45. The lowest BCUT2D eigenvalue weighted by Crippen LogP contribution is -2.44. The molecule has 3 fully saturated rings. The Morgan fingerprint density at radius 1 is 0.611 bits per heavy atom. The van der Waals surface area contributed by atoms with Crippen LogP contribution in [0.15, 0.2) is 0 Å². The fourth-order valence-corrected chi connectivity index (χ4v) is 5.06. The largest absolute Gasteiger partial charge is 0.390 e. The van der Waals surface area contributed by atoms with Gasteiger partial charge in [-0.2, -0.15) is 0 Å². The van der Waals surface area contributed by atoms with Crippen molar-refractivity contribution >= 4 is 0 Å². The molecule has 0 aliphatic heterocycles. The van der Waals surface area contributed by atoms with E-state index in [0.29, 0.717) is 11.3 Å². The number of hydrogen-bond donors (Lipinski definition) is 1. The second-order valence-electron chi connectivity index (χ2n) is 7.50. The van der Waals surface area contributed by atoms with E-state index in [2.05, 4.69) is 0 Å². The topological polar surface area (TPSA) is 20.2 Å². The highest BCUT2D eigenvalue weighted by molar-refractivity contribution is 4.98. The van der Waals surface area contributed by atoms with E-state index in [-0.39, 0.29) is 5.60 Å². The molecule has 1 heteroatoms. The Balaban J connectivity index is 1.62. The smallest absolute Gasteiger partial charge is 0.0676 e. The van der Waals surface area contributed by atoms with Crippen molar-refractivity contribution in [2.75, 3.05) is 0 Å². The third kappa shape index (κ3) is 2.48. The Morgan fingerprint density at radius 3 is 1.72 bits per heavy atom. The maximum Gasteiger partial charge on any atom is 0.0676 e. The molecule has 18 heavy (non-hydrogen) atoms. The van der Waals surface area contributed by atoms with E-state index in [1.165, 1.54) is 77.0 Å². The van der Waals surface area contributed by atoms with Crippen molar-refractivity contribution in [3.05, 3.63) is 0 Å². The Labute approximate surface area is 112 Å². The van der Waals surface area contributed by atoms with Gasteiger partial charge in [-0.3, -0.25) is 0 Å². The van der Waals surface area contributed by atoms with Crippen molar-refractivity contribution in [1.29, 1.82) is 0 Å². The van der Waals surface area contributed by atoms with Gasteiger partial charge in [0.1, 0.15) is 0 Å². The van der Waals surface area contributed by atoms with Gasteiger partial charge < -0.3 is 5.11 Å². The van der Waals surface area contributed by atoms with Gasteiger partial charge in [-0.05, 0) is 62.7 Å². The molecule has 104 valence electrons. The summed E-state index contributed by atoms with van der Waals surface area (Å²) in [7, 11) is 0. The molecule has 1 N–H and O–H groups in total. The normalized spacial score (nSPS) is 32.5. The average Bonchev–Trinajstić information content (AvgIpc) is 2.66. The molecule has 0 saturated heterocycles. The second-order valence-corrected chi connectivity index (χ2v) is 7.50. The van der Waals surface area contributed by atoms with E-state index in [1.54, 1.807) is 0 Å². The van der Waals surface area contributed by atoms with Crippen LogP contribution in [0.2, 0.25) is 0 Å². The van der Waals surface area contributed by atoms with Crippen LogP contribution in [0.1, 0.15) is 89.9 Å². The summed E-state index contributed by atoms with van der Waals surface area (Å²) in [6.45, 7) is 0. The predicted molar refractivity (Wildman–Crippen MR) is 75.5 cm³/mol. The molecule has 0 atom stereocenters. The monoisotopic (exact) mass is 250 g/mol. The molecule has 0 radical (unpaired) electrons. The molecule has 3 saturated carbocycles. The summed E-state index contributed by atoms with van der Waals surface area (Å²) in [5.74, 6) is 0.624. The standard InChI is InChI=1S/C17H30O/c18-17(15-7-3-1-2-4-8-15)13-11-16(12-14-17)9-5-6-10-16/h15,18H,1-14H2. The van der Waals surface area contributed by atoms with Crippen molar-refractivity contribution in [3.63, 3.8) is 0 Å². The summed E-state index contributed by atoms with van der Waals surface area (Å²) in [5, 5.41) is 11.1. The van der Waals surface area contributed by atoms with Gasteiger partial charge in [0.15, 0.2) is 0 Å². The average molecular weight is 250 g/mol. The molecule has 0 aromatic heterocycles. The van der Waals surface area contributed by atoms with E-state index in [0.717, 1.165) is 12.8 Å². The minimum Gasteiger partial charge on any atom is -0.390 e. The lowest BCUT2D eigenvalue weighted by molar-refractivity contribution is -0.0806. The van der Waals surface area contributed by atoms with Crippen molar-refractivity contribution in [1.82, 2.24) is 0 Å². The molecular formula is C17H30O. The van der Waals surface area contributed by atoms with Crippen LogP contribution < -0.4 is 0 Å². The van der Waals surface area contributed by atoms with Gasteiger partial charge in [0.25, 0.3) is 0 Å². The van der Waals surface area contributed by atoms with Crippen LogP contribution in [0.4, 0.5) is 0 Å². The molecule has 0 aromatic carbocycles. The minimum atomic E-state index is -0.280. The molecule has 1 spiro atoms. The summed E-state index contributed by atoms with van der Waals surface area (Å²) in [6, 6.07) is 0. The first-order chi connectivity index (χ1) is 8.73. The summed E-state index contributed by atoms with van der Waals surface area (Å²) < 4.78 is 0. The van der Waals surface area contributed by atoms with Crippen LogP contribution in [0.5, 0.6) is 0 Å². The highest BCUT2D eigenvalue weighted by Crippen LogP contribution is 2.53. The van der Waals surface area contributed by atoms with Crippen molar-refractivity contribution in [3.8, 4) is 0 Å². The van der Waals surface area contributed by atoms with Crippen LogP contribution in [0.25, 0.3) is 0 Å². The minimum absolute atomic E-state index is 0.280. The zero-order valence-electron chi connectivity index (χ0n) is 11.9. The lowest BCUT2D eigenvalue weighted by atomic mass is 9.63. The van der Waals surface area contributed by atoms with Crippen LogP contribution in [-0.2, 0) is 0 Å². The lowest BCUT2D eigenvalue weighted by Gasteiger charge is -2.46. The molecular weight excluding hydrogens is 220 g/mol. The van der Waals surface area contributed by atoms with Crippen molar-refractivity contribution in [2.45, 2.75) is 95.5 Å². The highest BCUT2D eigenvalue weighted by atomic mass is 16.3. The molecule has 1 nitrogen and oxygen atoms in total. The highest BCUT2D eigenvalue weighted by Gasteiger charge is 2.46. The van der Waals surface area contributed by atoms with Gasteiger partial charge in [0, 0.05) is 0 Å². The third-order valence-corrected chi connectivity index (χ3v) is 6.46. The maximum absolute atomic E-state index is 11.1. The van der Waals surface area contributed by atoms with Gasteiger partial charge in [-0.1, -0.05) is 38.5 Å². The zero-order valence-corrected chi connectivity index (χ0v) is 11.9. The first-order valence-corrected chi connectivity index (χ1v) is 8.45. The quantitative estimate of drug-likeness (QED) is 0.661. The van der Waals surface area contributed by atoms with Crippen molar-refractivity contribution in [2.24, 2.45) is 11.3 Å². The Morgan fingerprint density at radius 2 is 1.17 bits per heavy atom. The zero-order chi connectivity index (χ0) is 12.5. The fraction of sp³-hybridized carbons (Fsp3) is 1.00. The number of rotatable bonds is 1. The SMILES string of the molecule is OC1(C2CCCCCC2)CCC2(CCCC2)CC1. The van der Waals surface area contributed by atoms with Gasteiger partial charge in [0.05, 0.1) is 5.60 Å². The van der Waals surface area contributed by atoms with Gasteiger partial charge >= 0.3 is 0 Å². The van der Waals surface area contributed by atoms with Crippen molar-refractivity contribution < 1.29 is 5.11 Å². The van der Waals surface area contributed by atoms with E-state index in [4.69, 9.17) is 0 Å². The molecule has 0 heterocycles. The van der Waals surface area contributed by atoms with Gasteiger partial charge in [-0.25, -0.2) is 0 Å². The Hall–Kier alpha value is -0.0400. The van der Waals surface area contributed by atoms with Gasteiger partial charge in [-0.15, -0.1) is 0 Å². The molecule has 0 bridgehead atoms. The molecule has 0 unspecified atom stereocenters. The fourth-order valence-electron chi connectivity index (χ4n) is 5.06. The van der Waals surface area contributed by atoms with Gasteiger partial charge in [0.2, 0.25) is 0 Å². The molecule has 3 aliphatic rings. The van der Waals surface area contributed by atoms with Crippen LogP contribution in [-0.4, -0.2) is 10.7 Å². The summed E-state index contributed by atoms with van der Waals surface area (Å²) in [5.41, 5.74) is 0.384. The van der Waals surface area contributed by atoms with E-state index in [9.17, 15) is 5.11 Å². The summed E-state index contributed by atoms with van der Waals surface area (Å²) in [4.78, 5) is 0. The second kappa shape index (κ2) is 5.15. The maximum atomic E-state index is 11.1. The van der Waals surface area contributed by atoms with Crippen LogP contribution in [0.3, 0.4) is 0 Å². The number of hydrogen-bond acceptors (Lipinski definition) is 1. The van der Waals surface area contributed by atoms with E-state index in [1.807, 2.05) is 0 Å². The number of aliphatic hydroxyl groups is 1. The van der Waals surface area contributed by atoms with E-state index < -0.39 is 0 Å². The molecule has 0 aromatic rings. The molecule has 3 aliphatic carbocycles. The predicted octanol–water partition coefficient (Wildman–Crippen LogP) is 4.82. The first kappa shape index (κ1) is 13.0. The third-order valence-electron chi connectivity index (χ3n) is 6.46.